The molecular formula is C26H28I2N4O. The van der Waals surface area contributed by atoms with E-state index in [0.29, 0.717) is 0 Å². The first-order chi connectivity index (χ1) is 16.1. The maximum absolute atomic E-state index is 6.84. The lowest BCUT2D eigenvalue weighted by atomic mass is 10.0. The van der Waals surface area contributed by atoms with Crippen LogP contribution in [0.15, 0.2) is 73.6 Å². The van der Waals surface area contributed by atoms with E-state index in [0.717, 1.165) is 49.9 Å². The summed E-state index contributed by atoms with van der Waals surface area (Å²) in [6.07, 6.45) is 13.1. The van der Waals surface area contributed by atoms with Gasteiger partial charge in [0, 0.05) is 19.5 Å². The molecule has 33 heavy (non-hydrogen) atoms. The number of rotatable bonds is 12. The zero-order valence-corrected chi connectivity index (χ0v) is 22.7. The number of imidazole rings is 2. The fraction of sp³-hybridized carbons (Fsp3) is 0.308. The molecule has 0 bridgehead atoms. The van der Waals surface area contributed by atoms with Gasteiger partial charge in [-0.3, -0.25) is 0 Å². The molecule has 0 radical (unpaired) electrons. The number of halogens is 2. The van der Waals surface area contributed by atoms with E-state index in [1.165, 1.54) is 18.3 Å². The van der Waals surface area contributed by atoms with Crippen molar-refractivity contribution in [1.82, 2.24) is 19.9 Å². The number of H-pyrrole nitrogens is 2. The number of benzene rings is 2. The van der Waals surface area contributed by atoms with Crippen molar-refractivity contribution in [1.29, 1.82) is 0 Å². The normalized spacial score (nSPS) is 13.2. The Balaban J connectivity index is 1.48. The number of aryl methyl sites for hydroxylation is 2. The molecule has 2 heterocycles. The first-order valence-corrected chi connectivity index (χ1v) is 13.4. The third-order valence-electron chi connectivity index (χ3n) is 5.69. The van der Waals surface area contributed by atoms with E-state index < -0.39 is 0 Å². The summed E-state index contributed by atoms with van der Waals surface area (Å²) in [6, 6.07) is 17.5. The van der Waals surface area contributed by atoms with Gasteiger partial charge in [0.15, 0.2) is 0 Å². The van der Waals surface area contributed by atoms with Crippen LogP contribution in [0.3, 0.4) is 0 Å². The quantitative estimate of drug-likeness (QED) is 0.179. The summed E-state index contributed by atoms with van der Waals surface area (Å²) in [6.45, 7) is 0. The number of aromatic amines is 2. The summed E-state index contributed by atoms with van der Waals surface area (Å²) >= 11 is 4.70. The highest BCUT2D eigenvalue weighted by Crippen LogP contribution is 2.20. The third kappa shape index (κ3) is 8.22. The van der Waals surface area contributed by atoms with Gasteiger partial charge in [-0.2, -0.15) is 0 Å². The summed E-state index contributed by atoms with van der Waals surface area (Å²) in [5.74, 6) is 0. The molecular weight excluding hydrogens is 638 g/mol. The fourth-order valence-corrected chi connectivity index (χ4v) is 4.67. The minimum absolute atomic E-state index is 0.120. The van der Waals surface area contributed by atoms with Crippen LogP contribution in [0.1, 0.15) is 35.4 Å². The van der Waals surface area contributed by atoms with Crippen LogP contribution in [-0.4, -0.2) is 32.1 Å². The largest absolute Gasteiger partial charge is 0.374 e. The van der Waals surface area contributed by atoms with E-state index >= 15 is 0 Å². The molecule has 7 heteroatoms. The lowest BCUT2D eigenvalue weighted by Crippen LogP contribution is -2.27. The van der Waals surface area contributed by atoms with Crippen molar-refractivity contribution in [3.63, 3.8) is 0 Å². The molecule has 5 nitrogen and oxygen atoms in total. The molecule has 2 atom stereocenters. The molecule has 0 spiro atoms. The summed E-state index contributed by atoms with van der Waals surface area (Å²) in [5, 5.41) is 0. The zero-order valence-electron chi connectivity index (χ0n) is 18.4. The van der Waals surface area contributed by atoms with Gasteiger partial charge in [-0.1, -0.05) is 24.3 Å². The van der Waals surface area contributed by atoms with Crippen LogP contribution < -0.4 is 0 Å². The van der Waals surface area contributed by atoms with Gasteiger partial charge in [0.2, 0.25) is 0 Å². The minimum atomic E-state index is 0.120. The molecule has 2 aromatic carbocycles. The van der Waals surface area contributed by atoms with E-state index in [2.05, 4.69) is 114 Å². The van der Waals surface area contributed by atoms with Gasteiger partial charge in [-0.15, -0.1) is 0 Å². The standard InChI is InChI=1S/C26H28I2N4O/c27-21-5-1-19(2-6-21)13-25(11-9-23-15-29-17-31-23)33-26(12-10-24-16-30-18-32-24)14-20-3-7-22(28)8-4-20/h1-8,15-18,25-26H,9-14H2,(H,29,31)(H,30,32). The van der Waals surface area contributed by atoms with E-state index in [-0.39, 0.29) is 12.2 Å². The van der Waals surface area contributed by atoms with Crippen molar-refractivity contribution in [2.75, 3.05) is 0 Å². The van der Waals surface area contributed by atoms with Crippen LogP contribution in [0.2, 0.25) is 0 Å². The first kappa shape index (κ1) is 24.4. The highest BCUT2D eigenvalue weighted by atomic mass is 127. The highest BCUT2D eigenvalue weighted by molar-refractivity contribution is 14.1. The Hall–Kier alpha value is -1.72. The fourth-order valence-electron chi connectivity index (χ4n) is 3.95. The molecule has 0 aliphatic carbocycles. The maximum atomic E-state index is 6.84. The van der Waals surface area contributed by atoms with Crippen molar-refractivity contribution < 1.29 is 4.74 Å². The highest BCUT2D eigenvalue weighted by Gasteiger charge is 2.19. The van der Waals surface area contributed by atoms with Gasteiger partial charge >= 0.3 is 0 Å². The van der Waals surface area contributed by atoms with Gasteiger partial charge in [-0.25, -0.2) is 9.97 Å². The Morgan fingerprint density at radius 3 is 1.45 bits per heavy atom. The molecule has 4 aromatic rings. The SMILES string of the molecule is Ic1ccc(CC(CCc2c[nH]cn2)OC(CCc2c[nH]cn2)Cc2ccc(I)cc2)cc1. The molecule has 0 saturated heterocycles. The van der Waals surface area contributed by atoms with Gasteiger partial charge in [0.05, 0.1) is 36.3 Å². The monoisotopic (exact) mass is 666 g/mol. The average molecular weight is 666 g/mol. The Bertz CT molecular complexity index is 977. The van der Waals surface area contributed by atoms with Gasteiger partial charge in [0.25, 0.3) is 0 Å². The van der Waals surface area contributed by atoms with Crippen molar-refractivity contribution >= 4 is 45.2 Å². The summed E-state index contributed by atoms with van der Waals surface area (Å²) in [7, 11) is 0. The molecule has 2 unspecified atom stereocenters. The molecule has 2 aromatic heterocycles. The Morgan fingerprint density at radius 2 is 1.09 bits per heavy atom. The van der Waals surface area contributed by atoms with E-state index in [1.807, 2.05) is 12.4 Å². The summed E-state index contributed by atoms with van der Waals surface area (Å²) < 4.78 is 9.34. The molecule has 2 N–H and O–H groups in total. The number of hydrogen-bond donors (Lipinski definition) is 2. The van der Waals surface area contributed by atoms with Crippen LogP contribution in [0.25, 0.3) is 0 Å². The predicted octanol–water partition coefficient (Wildman–Crippen LogP) is 6.15. The summed E-state index contributed by atoms with van der Waals surface area (Å²) in [4.78, 5) is 14.9. The topological polar surface area (TPSA) is 66.6 Å². The number of nitrogens with one attached hydrogen (secondary N) is 2. The van der Waals surface area contributed by atoms with E-state index in [9.17, 15) is 0 Å². The molecule has 0 aliphatic heterocycles. The average Bonchev–Trinajstić information content (AvgIpc) is 3.53. The predicted molar refractivity (Wildman–Crippen MR) is 148 cm³/mol. The van der Waals surface area contributed by atoms with Crippen LogP contribution in [0, 0.1) is 7.14 Å². The second-order valence-electron chi connectivity index (χ2n) is 8.24. The third-order valence-corrected chi connectivity index (χ3v) is 7.13. The van der Waals surface area contributed by atoms with Gasteiger partial charge in [0.1, 0.15) is 0 Å². The minimum Gasteiger partial charge on any atom is -0.374 e. The van der Waals surface area contributed by atoms with Crippen molar-refractivity contribution in [3.05, 3.63) is 103 Å². The maximum Gasteiger partial charge on any atom is 0.0923 e. The van der Waals surface area contributed by atoms with Crippen molar-refractivity contribution in [2.45, 2.75) is 50.7 Å². The smallest absolute Gasteiger partial charge is 0.0923 e. The second-order valence-corrected chi connectivity index (χ2v) is 10.7. The second kappa shape index (κ2) is 12.7. The number of aromatic nitrogens is 4. The number of nitrogens with zero attached hydrogens (tertiary/aromatic N) is 2. The zero-order chi connectivity index (χ0) is 22.9. The first-order valence-electron chi connectivity index (χ1n) is 11.2. The Labute approximate surface area is 222 Å². The summed E-state index contributed by atoms with van der Waals surface area (Å²) in [5.41, 5.74) is 4.78. The Morgan fingerprint density at radius 1 is 0.667 bits per heavy atom. The van der Waals surface area contributed by atoms with Gasteiger partial charge < -0.3 is 14.7 Å². The molecule has 0 amide bonds. The number of hydrogen-bond acceptors (Lipinski definition) is 3. The molecule has 4 rings (SSSR count). The van der Waals surface area contributed by atoms with E-state index in [4.69, 9.17) is 4.74 Å². The number of ether oxygens (including phenoxy) is 1. The Kier molecular flexibility index (Phi) is 9.36. The molecule has 172 valence electrons. The van der Waals surface area contributed by atoms with Gasteiger partial charge in [-0.05, 0) is 119 Å². The van der Waals surface area contributed by atoms with Crippen LogP contribution in [0.4, 0.5) is 0 Å². The van der Waals surface area contributed by atoms with Crippen molar-refractivity contribution in [2.24, 2.45) is 0 Å². The van der Waals surface area contributed by atoms with E-state index in [1.54, 1.807) is 12.7 Å². The lowest BCUT2D eigenvalue weighted by molar-refractivity contribution is -0.0193. The molecule has 0 aliphatic rings. The molecule has 0 fully saturated rings. The van der Waals surface area contributed by atoms with Crippen LogP contribution in [0.5, 0.6) is 0 Å². The van der Waals surface area contributed by atoms with Crippen LogP contribution in [-0.2, 0) is 30.4 Å². The molecule has 0 saturated carbocycles. The lowest BCUT2D eigenvalue weighted by Gasteiger charge is -2.25. The van der Waals surface area contributed by atoms with Crippen molar-refractivity contribution in [3.8, 4) is 0 Å². The van der Waals surface area contributed by atoms with Crippen LogP contribution >= 0.6 is 45.2 Å².